The number of halogens is 3. The highest BCUT2D eigenvalue weighted by Crippen LogP contribution is 2.23. The first-order chi connectivity index (χ1) is 9.84. The summed E-state index contributed by atoms with van der Waals surface area (Å²) in [4.78, 5) is 23.5. The number of carbonyl (C=O) groups is 2. The number of nitrogens with two attached hydrogens (primary N) is 1. The zero-order valence-electron chi connectivity index (χ0n) is 12.9. The smallest absolute Gasteiger partial charge is 0.277 e. The van der Waals surface area contributed by atoms with Crippen molar-refractivity contribution in [2.24, 2.45) is 11.7 Å². The van der Waals surface area contributed by atoms with Gasteiger partial charge in [-0.3, -0.25) is 9.59 Å². The van der Waals surface area contributed by atoms with Gasteiger partial charge in [0.1, 0.15) is 0 Å². The van der Waals surface area contributed by atoms with E-state index < -0.39 is 24.9 Å². The van der Waals surface area contributed by atoms with Crippen molar-refractivity contribution < 1.29 is 18.4 Å². The summed E-state index contributed by atoms with van der Waals surface area (Å²) in [7, 11) is 0. The largest absolute Gasteiger partial charge is 0.353 e. The minimum Gasteiger partial charge on any atom is -0.353 e. The van der Waals surface area contributed by atoms with Gasteiger partial charge >= 0.3 is 0 Å². The lowest BCUT2D eigenvalue weighted by Crippen LogP contribution is -2.44. The molecule has 1 aliphatic carbocycles. The third kappa shape index (κ3) is 7.89. The maximum absolute atomic E-state index is 12.9. The summed E-state index contributed by atoms with van der Waals surface area (Å²) in [5.74, 6) is -3.63. The van der Waals surface area contributed by atoms with Crippen LogP contribution in [-0.4, -0.2) is 36.9 Å². The molecule has 1 rings (SSSR count). The highest BCUT2D eigenvalue weighted by Gasteiger charge is 2.28. The Morgan fingerprint density at radius 3 is 2.41 bits per heavy atom. The van der Waals surface area contributed by atoms with Crippen LogP contribution < -0.4 is 16.4 Å². The quantitative estimate of drug-likeness (QED) is 0.657. The molecule has 0 saturated heterocycles. The Morgan fingerprint density at radius 1 is 1.27 bits per heavy atom. The van der Waals surface area contributed by atoms with Gasteiger partial charge in [0.25, 0.3) is 5.92 Å². The number of alkyl halides is 2. The monoisotopic (exact) mass is 341 g/mol. The minimum absolute atomic E-state index is 0. The van der Waals surface area contributed by atoms with Crippen LogP contribution in [0, 0.1) is 5.92 Å². The van der Waals surface area contributed by atoms with Gasteiger partial charge < -0.3 is 16.4 Å². The van der Waals surface area contributed by atoms with Gasteiger partial charge in [-0.1, -0.05) is 19.3 Å². The molecule has 0 aromatic rings. The van der Waals surface area contributed by atoms with E-state index in [1.165, 1.54) is 0 Å². The molecule has 0 aliphatic heterocycles. The molecule has 2 amide bonds. The summed E-state index contributed by atoms with van der Waals surface area (Å²) >= 11 is 0. The van der Waals surface area contributed by atoms with Gasteiger partial charge in [0.05, 0.1) is 13.1 Å². The number of nitrogens with one attached hydrogen (secondary N) is 2. The van der Waals surface area contributed by atoms with Crippen molar-refractivity contribution in [3.63, 3.8) is 0 Å². The molecule has 1 unspecified atom stereocenters. The van der Waals surface area contributed by atoms with E-state index in [1.54, 1.807) is 6.92 Å². The molecule has 0 radical (unpaired) electrons. The molecular formula is C14H26ClF2N3O2. The van der Waals surface area contributed by atoms with E-state index in [-0.39, 0.29) is 36.7 Å². The third-order valence-corrected chi connectivity index (χ3v) is 3.70. The summed E-state index contributed by atoms with van der Waals surface area (Å²) in [6, 6.07) is -0.370. The summed E-state index contributed by atoms with van der Waals surface area (Å²) in [5.41, 5.74) is 4.88. The Morgan fingerprint density at radius 2 is 1.86 bits per heavy atom. The topological polar surface area (TPSA) is 84.2 Å². The van der Waals surface area contributed by atoms with Gasteiger partial charge in [-0.25, -0.2) is 8.78 Å². The standard InChI is InChI=1S/C14H25F2N3O2.ClH/c1-10(7-12(20)18-9-14(15,16)8-17)19-13(21)11-5-3-2-4-6-11;/h10-11H,2-9,17H2,1H3,(H,18,20)(H,19,21);1H. The molecule has 1 atom stereocenters. The van der Waals surface area contributed by atoms with Crippen molar-refractivity contribution in [3.05, 3.63) is 0 Å². The number of hydrogen-bond donors (Lipinski definition) is 3. The predicted molar refractivity (Wildman–Crippen MR) is 83.1 cm³/mol. The summed E-state index contributed by atoms with van der Waals surface area (Å²) in [6.07, 6.45) is 5.03. The molecule has 22 heavy (non-hydrogen) atoms. The molecule has 1 saturated carbocycles. The Kier molecular flexibility index (Phi) is 9.51. The van der Waals surface area contributed by atoms with Crippen LogP contribution in [0.4, 0.5) is 8.78 Å². The van der Waals surface area contributed by atoms with Crippen LogP contribution in [0.2, 0.25) is 0 Å². The zero-order chi connectivity index (χ0) is 15.9. The fraction of sp³-hybridized carbons (Fsp3) is 0.857. The minimum atomic E-state index is -3.09. The fourth-order valence-electron chi connectivity index (χ4n) is 2.43. The van der Waals surface area contributed by atoms with Crippen molar-refractivity contribution >= 4 is 24.2 Å². The Bertz CT molecular complexity index is 364. The number of amides is 2. The molecule has 0 aromatic carbocycles. The summed E-state index contributed by atoms with van der Waals surface area (Å²) < 4.78 is 25.8. The Balaban J connectivity index is 0.00000441. The van der Waals surface area contributed by atoms with Crippen LogP contribution in [0.3, 0.4) is 0 Å². The van der Waals surface area contributed by atoms with Crippen molar-refractivity contribution in [2.45, 2.75) is 57.4 Å². The van der Waals surface area contributed by atoms with E-state index in [2.05, 4.69) is 10.6 Å². The van der Waals surface area contributed by atoms with Crippen molar-refractivity contribution in [1.29, 1.82) is 0 Å². The second-order valence-corrected chi connectivity index (χ2v) is 5.79. The summed E-state index contributed by atoms with van der Waals surface area (Å²) in [5, 5.41) is 4.92. The molecule has 5 nitrogen and oxygen atoms in total. The number of carbonyl (C=O) groups excluding carboxylic acids is 2. The number of hydrogen-bond acceptors (Lipinski definition) is 3. The van der Waals surface area contributed by atoms with E-state index in [9.17, 15) is 18.4 Å². The lowest BCUT2D eigenvalue weighted by Gasteiger charge is -2.23. The van der Waals surface area contributed by atoms with Crippen molar-refractivity contribution in [2.75, 3.05) is 13.1 Å². The third-order valence-electron chi connectivity index (χ3n) is 3.70. The molecule has 1 fully saturated rings. The van der Waals surface area contributed by atoms with Crippen LogP contribution >= 0.6 is 12.4 Å². The first kappa shape index (κ1) is 21.0. The molecule has 0 bridgehead atoms. The molecule has 130 valence electrons. The molecule has 0 heterocycles. The van der Waals surface area contributed by atoms with Crippen LogP contribution in [-0.2, 0) is 9.59 Å². The van der Waals surface area contributed by atoms with E-state index in [0.717, 1.165) is 32.1 Å². The van der Waals surface area contributed by atoms with E-state index >= 15 is 0 Å². The first-order valence-corrected chi connectivity index (χ1v) is 7.49. The lowest BCUT2D eigenvalue weighted by atomic mass is 9.88. The van der Waals surface area contributed by atoms with E-state index in [1.807, 2.05) is 0 Å². The molecule has 0 spiro atoms. The van der Waals surface area contributed by atoms with Crippen molar-refractivity contribution in [1.82, 2.24) is 10.6 Å². The SMILES string of the molecule is CC(CC(=O)NCC(F)(F)CN)NC(=O)C1CCCCC1.Cl. The maximum Gasteiger partial charge on any atom is 0.277 e. The Hall–Kier alpha value is -0.950. The van der Waals surface area contributed by atoms with Crippen LogP contribution in [0.5, 0.6) is 0 Å². The average molecular weight is 342 g/mol. The molecule has 1 aliphatic rings. The van der Waals surface area contributed by atoms with E-state index in [4.69, 9.17) is 5.73 Å². The highest BCUT2D eigenvalue weighted by atomic mass is 35.5. The van der Waals surface area contributed by atoms with Gasteiger partial charge in [0.2, 0.25) is 11.8 Å². The molecule has 4 N–H and O–H groups in total. The van der Waals surface area contributed by atoms with Gasteiger partial charge in [0, 0.05) is 18.4 Å². The molecular weight excluding hydrogens is 316 g/mol. The first-order valence-electron chi connectivity index (χ1n) is 7.49. The van der Waals surface area contributed by atoms with Crippen LogP contribution in [0.25, 0.3) is 0 Å². The van der Waals surface area contributed by atoms with Gasteiger partial charge in [0.15, 0.2) is 0 Å². The fourth-order valence-corrected chi connectivity index (χ4v) is 2.43. The zero-order valence-corrected chi connectivity index (χ0v) is 13.7. The van der Waals surface area contributed by atoms with Gasteiger partial charge in [-0.15, -0.1) is 12.4 Å². The predicted octanol–water partition coefficient (Wildman–Crippen LogP) is 1.59. The Labute approximate surface area is 136 Å². The van der Waals surface area contributed by atoms with E-state index in [0.29, 0.717) is 0 Å². The van der Waals surface area contributed by atoms with Crippen LogP contribution in [0.1, 0.15) is 45.4 Å². The van der Waals surface area contributed by atoms with Gasteiger partial charge in [-0.05, 0) is 19.8 Å². The summed E-state index contributed by atoms with van der Waals surface area (Å²) in [6.45, 7) is 0.119. The lowest BCUT2D eigenvalue weighted by molar-refractivity contribution is -0.127. The average Bonchev–Trinajstić information content (AvgIpc) is 2.46. The van der Waals surface area contributed by atoms with Crippen LogP contribution in [0.15, 0.2) is 0 Å². The normalized spacial score (nSPS) is 17.3. The number of rotatable bonds is 7. The maximum atomic E-state index is 12.9. The molecule has 0 aromatic heterocycles. The second-order valence-electron chi connectivity index (χ2n) is 5.79. The van der Waals surface area contributed by atoms with Gasteiger partial charge in [-0.2, -0.15) is 0 Å². The molecule has 8 heteroatoms. The second kappa shape index (κ2) is 9.94. The highest BCUT2D eigenvalue weighted by molar-refractivity contribution is 5.85. The van der Waals surface area contributed by atoms with Crippen molar-refractivity contribution in [3.8, 4) is 0 Å².